The molecular weight excluding hydrogens is 324 g/mol. The van der Waals surface area contributed by atoms with E-state index in [9.17, 15) is 13.5 Å². The monoisotopic (exact) mass is 349 g/mol. The number of nitrogens with zero attached hydrogens (tertiary/aromatic N) is 1. The van der Waals surface area contributed by atoms with Gasteiger partial charge in [0.25, 0.3) is 10.0 Å². The molecule has 2 rings (SSSR count). The number of aliphatic hydroxyl groups excluding tert-OH is 1. The second kappa shape index (κ2) is 7.79. The Bertz CT molecular complexity index is 744. The highest BCUT2D eigenvalue weighted by Crippen LogP contribution is 2.24. The Hall–Kier alpha value is -1.89. The number of aliphatic hydroxyl groups is 1. The van der Waals surface area contributed by atoms with Gasteiger partial charge in [0.2, 0.25) is 0 Å². The van der Waals surface area contributed by atoms with Crippen molar-refractivity contribution < 1.29 is 18.4 Å². The molecule has 6 heteroatoms. The first kappa shape index (κ1) is 18.4. The van der Waals surface area contributed by atoms with Crippen LogP contribution in [0.15, 0.2) is 59.5 Å². The summed E-state index contributed by atoms with van der Waals surface area (Å²) in [4.78, 5) is 1.28. The van der Waals surface area contributed by atoms with Crippen molar-refractivity contribution in [3.8, 4) is 0 Å². The number of hydrogen-bond acceptors (Lipinski definition) is 3. The fourth-order valence-electron chi connectivity index (χ4n) is 2.50. The van der Waals surface area contributed by atoms with Crippen LogP contribution in [0.5, 0.6) is 0 Å². The van der Waals surface area contributed by atoms with E-state index in [4.69, 9.17) is 0 Å². The van der Waals surface area contributed by atoms with Crippen LogP contribution in [0, 0.1) is 6.92 Å². The van der Waals surface area contributed by atoms with Gasteiger partial charge in [-0.25, -0.2) is 8.42 Å². The van der Waals surface area contributed by atoms with Crippen LogP contribution in [0.1, 0.15) is 5.56 Å². The summed E-state index contributed by atoms with van der Waals surface area (Å²) in [6, 6.07) is 15.6. The Morgan fingerprint density at radius 1 is 1.04 bits per heavy atom. The first-order valence-electron chi connectivity index (χ1n) is 7.92. The van der Waals surface area contributed by atoms with Crippen LogP contribution in [0.25, 0.3) is 0 Å². The second-order valence-corrected chi connectivity index (χ2v) is 8.11. The van der Waals surface area contributed by atoms with Gasteiger partial charge >= 0.3 is 0 Å². The van der Waals surface area contributed by atoms with Crippen LogP contribution in [0.3, 0.4) is 0 Å². The summed E-state index contributed by atoms with van der Waals surface area (Å²) in [6.45, 7) is 2.43. The summed E-state index contributed by atoms with van der Waals surface area (Å²) in [6.07, 6.45) is -0.755. The van der Waals surface area contributed by atoms with Crippen molar-refractivity contribution in [3.05, 3.63) is 60.2 Å². The number of benzene rings is 2. The third-order valence-electron chi connectivity index (χ3n) is 3.67. The van der Waals surface area contributed by atoms with Crippen molar-refractivity contribution in [2.75, 3.05) is 31.5 Å². The molecule has 5 nitrogen and oxygen atoms in total. The number of aryl methyl sites for hydroxylation is 1. The van der Waals surface area contributed by atoms with Gasteiger partial charge in [-0.15, -0.1) is 0 Å². The fraction of sp³-hybridized carbons (Fsp3) is 0.333. The highest BCUT2D eigenvalue weighted by molar-refractivity contribution is 7.92. The van der Waals surface area contributed by atoms with Gasteiger partial charge in [0, 0.05) is 0 Å². The number of rotatable bonds is 7. The summed E-state index contributed by atoms with van der Waals surface area (Å²) < 4.78 is 27.4. The van der Waals surface area contributed by atoms with Crippen molar-refractivity contribution in [2.45, 2.75) is 17.9 Å². The van der Waals surface area contributed by atoms with Gasteiger partial charge in [0.05, 0.1) is 31.2 Å². The summed E-state index contributed by atoms with van der Waals surface area (Å²) in [7, 11) is 0.110. The third-order valence-corrected chi connectivity index (χ3v) is 5.48. The maximum Gasteiger partial charge on any atom is 0.264 e. The molecule has 0 heterocycles. The molecule has 0 amide bonds. The zero-order chi connectivity index (χ0) is 17.7. The predicted octanol–water partition coefficient (Wildman–Crippen LogP) is 0.696. The van der Waals surface area contributed by atoms with Crippen molar-refractivity contribution in [1.29, 1.82) is 0 Å². The lowest BCUT2D eigenvalue weighted by atomic mass is 10.2. The molecule has 0 bridgehead atoms. The van der Waals surface area contributed by atoms with E-state index in [1.165, 1.54) is 4.31 Å². The Morgan fingerprint density at radius 2 is 1.62 bits per heavy atom. The van der Waals surface area contributed by atoms with Gasteiger partial charge in [-0.3, -0.25) is 4.31 Å². The number of quaternary nitrogens is 1. The minimum atomic E-state index is -3.73. The van der Waals surface area contributed by atoms with E-state index < -0.39 is 16.1 Å². The van der Waals surface area contributed by atoms with E-state index in [0.29, 0.717) is 12.2 Å². The number of sulfonamides is 1. The molecule has 0 radical (unpaired) electrons. The first-order chi connectivity index (χ1) is 11.3. The van der Waals surface area contributed by atoms with Gasteiger partial charge in [-0.05, 0) is 31.2 Å². The lowest BCUT2D eigenvalue weighted by Gasteiger charge is -2.27. The Morgan fingerprint density at radius 3 is 2.17 bits per heavy atom. The molecule has 1 atom stereocenters. The molecule has 0 aliphatic carbocycles. The topological polar surface area (TPSA) is 62.1 Å². The van der Waals surface area contributed by atoms with E-state index in [0.717, 1.165) is 10.5 Å². The molecule has 0 aromatic heterocycles. The molecule has 0 unspecified atom stereocenters. The normalized spacial score (nSPS) is 13.0. The molecule has 0 saturated carbocycles. The second-order valence-electron chi connectivity index (χ2n) is 6.25. The Kier molecular flexibility index (Phi) is 5.99. The Balaban J connectivity index is 2.40. The van der Waals surface area contributed by atoms with E-state index in [2.05, 4.69) is 0 Å². The third kappa shape index (κ3) is 4.56. The molecule has 2 N–H and O–H groups in total. The van der Waals surface area contributed by atoms with Gasteiger partial charge < -0.3 is 10.0 Å². The first-order valence-corrected chi connectivity index (χ1v) is 9.36. The lowest BCUT2D eigenvalue weighted by Crippen LogP contribution is -3.07. The van der Waals surface area contributed by atoms with Crippen molar-refractivity contribution in [1.82, 2.24) is 0 Å². The number of nitrogens with one attached hydrogen (secondary N) is 1. The number of anilines is 1. The van der Waals surface area contributed by atoms with Crippen LogP contribution < -0.4 is 9.21 Å². The summed E-state index contributed by atoms with van der Waals surface area (Å²) in [5, 5.41) is 10.3. The number of likely N-dealkylation sites (N-methyl/N-ethyl adjacent to an activating group) is 1. The van der Waals surface area contributed by atoms with Gasteiger partial charge in [-0.1, -0.05) is 35.9 Å². The Labute approximate surface area is 144 Å². The molecule has 0 aliphatic heterocycles. The summed E-state index contributed by atoms with van der Waals surface area (Å²) in [5.74, 6) is 0. The molecule has 130 valence electrons. The maximum absolute atomic E-state index is 13.0. The van der Waals surface area contributed by atoms with Crippen LogP contribution in [-0.2, 0) is 10.0 Å². The summed E-state index contributed by atoms with van der Waals surface area (Å²) in [5.41, 5.74) is 1.60. The molecule has 2 aromatic rings. The van der Waals surface area contributed by atoms with Crippen LogP contribution in [0.2, 0.25) is 0 Å². The van der Waals surface area contributed by atoms with Crippen molar-refractivity contribution in [2.24, 2.45) is 0 Å². The fourth-order valence-corrected chi connectivity index (χ4v) is 4.02. The standard InChI is InChI=1S/C18H24N2O3S/c1-15-9-11-16(12-10-15)20(14-17(21)13-19(2)3)24(22,23)18-7-5-4-6-8-18/h4-12,17,21H,13-14H2,1-3H3/p+1/t17-/m1/s1. The quantitative estimate of drug-likeness (QED) is 0.773. The van der Waals surface area contributed by atoms with Gasteiger partial charge in [-0.2, -0.15) is 0 Å². The smallest absolute Gasteiger partial charge is 0.264 e. The highest BCUT2D eigenvalue weighted by atomic mass is 32.2. The average Bonchev–Trinajstić information content (AvgIpc) is 2.54. The minimum absolute atomic E-state index is 0.0193. The zero-order valence-electron chi connectivity index (χ0n) is 14.3. The molecule has 0 saturated heterocycles. The maximum atomic E-state index is 13.0. The molecule has 24 heavy (non-hydrogen) atoms. The minimum Gasteiger partial charge on any atom is -0.385 e. The SMILES string of the molecule is Cc1ccc(N(C[C@H](O)C[NH+](C)C)S(=O)(=O)c2ccccc2)cc1. The van der Waals surface area contributed by atoms with Crippen molar-refractivity contribution >= 4 is 15.7 Å². The van der Waals surface area contributed by atoms with Gasteiger partial charge in [0.1, 0.15) is 12.6 Å². The zero-order valence-corrected chi connectivity index (χ0v) is 15.1. The molecule has 0 aliphatic rings. The van der Waals surface area contributed by atoms with E-state index >= 15 is 0 Å². The largest absolute Gasteiger partial charge is 0.385 e. The predicted molar refractivity (Wildman–Crippen MR) is 95.8 cm³/mol. The number of hydrogen-bond donors (Lipinski definition) is 2. The highest BCUT2D eigenvalue weighted by Gasteiger charge is 2.27. The van der Waals surface area contributed by atoms with Crippen LogP contribution in [-0.4, -0.2) is 46.8 Å². The van der Waals surface area contributed by atoms with Gasteiger partial charge in [0.15, 0.2) is 0 Å². The summed E-state index contributed by atoms with van der Waals surface area (Å²) >= 11 is 0. The van der Waals surface area contributed by atoms with E-state index in [-0.39, 0.29) is 11.4 Å². The molecular formula is C18H25N2O3S+. The molecule has 0 spiro atoms. The van der Waals surface area contributed by atoms with Crippen molar-refractivity contribution in [3.63, 3.8) is 0 Å². The van der Waals surface area contributed by atoms with Crippen LogP contribution >= 0.6 is 0 Å². The van der Waals surface area contributed by atoms with E-state index in [1.807, 2.05) is 33.2 Å². The van der Waals surface area contributed by atoms with Crippen LogP contribution in [0.4, 0.5) is 5.69 Å². The van der Waals surface area contributed by atoms with E-state index in [1.54, 1.807) is 42.5 Å². The average molecular weight is 349 g/mol. The molecule has 2 aromatic carbocycles. The lowest BCUT2D eigenvalue weighted by molar-refractivity contribution is -0.861. The molecule has 0 fully saturated rings.